The van der Waals surface area contributed by atoms with Gasteiger partial charge in [-0.1, -0.05) is 13.2 Å². The molecular weight excluding hydrogens is 602 g/mol. The summed E-state index contributed by atoms with van der Waals surface area (Å²) in [5.41, 5.74) is -29.5. The highest BCUT2D eigenvalue weighted by Crippen LogP contribution is 2.88. The summed E-state index contributed by atoms with van der Waals surface area (Å²) in [6.07, 6.45) is -6.50. The first kappa shape index (κ1) is 31.9. The number of carbonyl (C=O) groups excluding carboxylic acids is 2. The van der Waals surface area contributed by atoms with Crippen LogP contribution < -0.4 is 0 Å². The Kier molecular flexibility index (Phi) is 6.38. The van der Waals surface area contributed by atoms with Crippen LogP contribution in [-0.4, -0.2) is 82.6 Å². The lowest BCUT2D eigenvalue weighted by Crippen LogP contribution is -3.11. The van der Waals surface area contributed by atoms with Crippen LogP contribution in [0.15, 0.2) is 25.3 Å². The molecule has 6 nitrogen and oxygen atoms in total. The molecule has 0 aromatic rings. The minimum Gasteiger partial charge on any atom is -0.433 e. The molecule has 20 heteroatoms. The molecule has 0 heterocycles. The molecule has 0 amide bonds. The van der Waals surface area contributed by atoms with Gasteiger partial charge in [-0.2, -0.15) is 52.7 Å². The number of carbonyl (C=O) groups is 2. The number of ether oxygens (including phenoxy) is 4. The van der Waals surface area contributed by atoms with E-state index in [1.807, 2.05) is 0 Å². The molecule has 0 N–H and O–H groups in total. The summed E-state index contributed by atoms with van der Waals surface area (Å²) in [4.78, 5) is 22.6. The van der Waals surface area contributed by atoms with E-state index >= 15 is 52.7 Å². The number of rotatable bonds is 8. The molecule has 4 saturated carbocycles. The van der Waals surface area contributed by atoms with Crippen LogP contribution >= 0.6 is 0 Å². The van der Waals surface area contributed by atoms with Crippen LogP contribution in [-0.2, 0) is 28.5 Å². The van der Waals surface area contributed by atoms with Crippen molar-refractivity contribution >= 4 is 11.9 Å². The van der Waals surface area contributed by atoms with Gasteiger partial charge in [0.05, 0.1) is 0 Å². The normalized spacial score (nSPS) is 40.0. The molecule has 228 valence electrons. The number of hydrogen-bond acceptors (Lipinski definition) is 6. The van der Waals surface area contributed by atoms with Gasteiger partial charge in [-0.25, -0.2) is 18.4 Å². The largest absolute Gasteiger partial charge is 0.433 e. The van der Waals surface area contributed by atoms with Crippen molar-refractivity contribution in [3.8, 4) is 0 Å². The predicted molar refractivity (Wildman–Crippen MR) is 96.5 cm³/mol. The molecule has 40 heavy (non-hydrogen) atoms. The molecule has 0 aliphatic heterocycles. The van der Waals surface area contributed by atoms with Gasteiger partial charge in [0.25, 0.3) is 11.2 Å². The van der Waals surface area contributed by atoms with Crippen LogP contribution in [0.2, 0.25) is 0 Å². The molecule has 0 radical (unpaired) electrons. The molecule has 2 unspecified atom stereocenters. The molecule has 2 atom stereocenters. The van der Waals surface area contributed by atoms with Crippen LogP contribution in [0.3, 0.4) is 0 Å². The first-order chi connectivity index (χ1) is 17.7. The highest BCUT2D eigenvalue weighted by molar-refractivity contribution is 5.81. The Labute approximate surface area is 212 Å². The zero-order valence-corrected chi connectivity index (χ0v) is 19.5. The fourth-order valence-electron chi connectivity index (χ4n) is 5.23. The van der Waals surface area contributed by atoms with Gasteiger partial charge in [0.1, 0.15) is 0 Å². The number of alkyl halides is 14. The Morgan fingerprint density at radius 3 is 1.00 bits per heavy atom. The molecule has 0 saturated heterocycles. The molecule has 4 fully saturated rings. The van der Waals surface area contributed by atoms with Gasteiger partial charge in [-0.05, 0) is 13.8 Å². The quantitative estimate of drug-likeness (QED) is 0.167. The number of hydrogen-bond donors (Lipinski definition) is 0. The summed E-state index contributed by atoms with van der Waals surface area (Å²) in [6.45, 7) is 5.40. The maximum absolute atomic E-state index is 15.9. The average Bonchev–Trinajstić information content (AvgIpc) is 2.80. The van der Waals surface area contributed by atoms with Crippen LogP contribution in [0.1, 0.15) is 13.8 Å². The number of halogens is 14. The summed E-state index contributed by atoms with van der Waals surface area (Å²) in [5.74, 6) is -50.0. The smallest absolute Gasteiger partial charge is 0.339 e. The van der Waals surface area contributed by atoms with Gasteiger partial charge >= 0.3 is 58.8 Å². The van der Waals surface area contributed by atoms with Crippen molar-refractivity contribution in [3.05, 3.63) is 25.3 Å². The van der Waals surface area contributed by atoms with Crippen LogP contribution in [0.25, 0.3) is 0 Å². The summed E-state index contributed by atoms with van der Waals surface area (Å²) in [5, 5.41) is 0. The van der Waals surface area contributed by atoms with Crippen molar-refractivity contribution in [2.75, 3.05) is 0 Å². The SMILES string of the molecule is C=CC(=O)OC(C)OC12C(F)(F)C3(F)C(F)(F)C(F)(C1(F)F)C(F)(F)C(OC(C)OC(=O)C=C)(C3(F)F)C2(F)F. The summed E-state index contributed by atoms with van der Waals surface area (Å²) < 4.78 is 231. The first-order valence-corrected chi connectivity index (χ1v) is 10.4. The molecule has 4 rings (SSSR count). The van der Waals surface area contributed by atoms with Crippen molar-refractivity contribution < 1.29 is 90.0 Å². The molecule has 4 bridgehead atoms. The Bertz CT molecular complexity index is 1030. The highest BCUT2D eigenvalue weighted by Gasteiger charge is 3.23. The van der Waals surface area contributed by atoms with E-state index in [1.54, 1.807) is 0 Å². The second-order valence-corrected chi connectivity index (χ2v) is 8.78. The second-order valence-electron chi connectivity index (χ2n) is 8.78. The van der Waals surface area contributed by atoms with E-state index in [2.05, 4.69) is 32.1 Å². The predicted octanol–water partition coefficient (Wildman–Crippen LogP) is 4.92. The molecule has 4 aliphatic carbocycles. The number of esters is 2. The molecule has 0 spiro atoms. The van der Waals surface area contributed by atoms with Crippen molar-refractivity contribution in [2.45, 2.75) is 84.5 Å². The third-order valence-corrected chi connectivity index (χ3v) is 6.83. The van der Waals surface area contributed by atoms with Crippen molar-refractivity contribution in [3.63, 3.8) is 0 Å². The molecule has 4 aliphatic rings. The lowest BCUT2D eigenvalue weighted by molar-refractivity contribution is -0.637. The Morgan fingerprint density at radius 1 is 0.525 bits per heavy atom. The lowest BCUT2D eigenvalue weighted by atomic mass is 9.39. The van der Waals surface area contributed by atoms with Crippen LogP contribution in [0, 0.1) is 0 Å². The van der Waals surface area contributed by atoms with Gasteiger partial charge < -0.3 is 18.9 Å². The minimum absolute atomic E-state index is 0.0194. The lowest BCUT2D eigenvalue weighted by Gasteiger charge is -2.76. The monoisotopic (exact) mass is 616 g/mol. The van der Waals surface area contributed by atoms with E-state index < -0.39 is 82.6 Å². The molecular formula is C20H14F14O6. The van der Waals surface area contributed by atoms with Gasteiger partial charge in [-0.15, -0.1) is 0 Å². The maximum atomic E-state index is 15.9. The Morgan fingerprint density at radius 2 is 0.775 bits per heavy atom. The van der Waals surface area contributed by atoms with Gasteiger partial charge in [0.2, 0.25) is 12.6 Å². The standard InChI is InChI=1S/C20H14F14O6/c1-5-9(35)37-7(3)39-13-16(25,26)11(21)15(23,24)12(22,17(13,27)28)19(31,32)14(18(11,29)30,20(13,33)34)40-8(4)38-10(36)6-2/h5-8H,1-2H2,3-4H3. The molecule has 0 aromatic heterocycles. The Balaban J connectivity index is 2.57. The second kappa shape index (κ2) is 8.01. The summed E-state index contributed by atoms with van der Waals surface area (Å²) >= 11 is 0. The Hall–Kier alpha value is -2.64. The maximum Gasteiger partial charge on any atom is 0.339 e. The van der Waals surface area contributed by atoms with E-state index in [4.69, 9.17) is 0 Å². The minimum atomic E-state index is -7.89. The van der Waals surface area contributed by atoms with E-state index in [0.29, 0.717) is 0 Å². The topological polar surface area (TPSA) is 71.1 Å². The zero-order chi connectivity index (χ0) is 31.6. The fourth-order valence-corrected chi connectivity index (χ4v) is 5.23. The first-order valence-electron chi connectivity index (χ1n) is 10.4. The molecule has 0 aromatic carbocycles. The third-order valence-electron chi connectivity index (χ3n) is 6.83. The van der Waals surface area contributed by atoms with Crippen LogP contribution in [0.5, 0.6) is 0 Å². The highest BCUT2D eigenvalue weighted by atomic mass is 19.3. The van der Waals surface area contributed by atoms with E-state index in [1.165, 1.54) is 0 Å². The van der Waals surface area contributed by atoms with E-state index in [-0.39, 0.29) is 26.0 Å². The van der Waals surface area contributed by atoms with Gasteiger partial charge in [0.15, 0.2) is 0 Å². The average molecular weight is 616 g/mol. The summed E-state index contributed by atoms with van der Waals surface area (Å²) in [6, 6.07) is 0. The van der Waals surface area contributed by atoms with Crippen molar-refractivity contribution in [1.29, 1.82) is 0 Å². The van der Waals surface area contributed by atoms with Crippen molar-refractivity contribution in [2.24, 2.45) is 0 Å². The van der Waals surface area contributed by atoms with E-state index in [0.717, 1.165) is 0 Å². The van der Waals surface area contributed by atoms with E-state index in [9.17, 15) is 18.4 Å². The third kappa shape index (κ3) is 2.57. The van der Waals surface area contributed by atoms with Gasteiger partial charge in [0, 0.05) is 12.2 Å². The van der Waals surface area contributed by atoms with Crippen molar-refractivity contribution in [1.82, 2.24) is 0 Å². The summed E-state index contributed by atoms with van der Waals surface area (Å²) in [7, 11) is 0. The fraction of sp³-hybridized carbons (Fsp3) is 0.700. The van der Waals surface area contributed by atoms with Crippen LogP contribution in [0.4, 0.5) is 61.5 Å². The van der Waals surface area contributed by atoms with Gasteiger partial charge in [-0.3, -0.25) is 0 Å². The zero-order valence-electron chi connectivity index (χ0n) is 19.5.